The van der Waals surface area contributed by atoms with Gasteiger partial charge in [-0.3, -0.25) is 0 Å². The molecule has 0 atom stereocenters. The summed E-state index contributed by atoms with van der Waals surface area (Å²) in [5, 5.41) is 0. The zero-order valence-electron chi connectivity index (χ0n) is 13.0. The van der Waals surface area contributed by atoms with E-state index in [1.807, 2.05) is 0 Å². The average Bonchev–Trinajstić information content (AvgIpc) is 3.23. The van der Waals surface area contributed by atoms with Gasteiger partial charge in [0.1, 0.15) is 0 Å². The summed E-state index contributed by atoms with van der Waals surface area (Å²) >= 11 is 0. The van der Waals surface area contributed by atoms with Crippen molar-refractivity contribution in [3.63, 3.8) is 0 Å². The molecule has 2 aliphatic carbocycles. The van der Waals surface area contributed by atoms with Crippen LogP contribution in [0.5, 0.6) is 0 Å². The van der Waals surface area contributed by atoms with E-state index in [0.717, 1.165) is 11.8 Å². The lowest BCUT2D eigenvalue weighted by atomic mass is 9.82. The molecule has 0 spiro atoms. The van der Waals surface area contributed by atoms with Gasteiger partial charge in [0.2, 0.25) is 0 Å². The SMILES string of the molecule is CC(C)CC1(c2ccc(C3(C(C)C)CC3)cc2)CC1. The standard InChI is InChI=1S/C19H28/c1-14(2)13-18(9-10-18)16-5-7-17(8-6-16)19(11-12-19)15(3)4/h5-8,14-15H,9-13H2,1-4H3. The highest BCUT2D eigenvalue weighted by atomic mass is 14.5. The Morgan fingerprint density at radius 1 is 0.842 bits per heavy atom. The first-order valence-corrected chi connectivity index (χ1v) is 8.10. The predicted molar refractivity (Wildman–Crippen MR) is 82.6 cm³/mol. The molecule has 2 aliphatic rings. The largest absolute Gasteiger partial charge is 0.0627 e. The minimum absolute atomic E-state index is 0.521. The van der Waals surface area contributed by atoms with E-state index in [1.54, 1.807) is 11.1 Å². The summed E-state index contributed by atoms with van der Waals surface area (Å²) in [6.07, 6.45) is 6.95. The molecule has 0 aromatic heterocycles. The second-order valence-corrected chi connectivity index (χ2v) is 7.77. The maximum Gasteiger partial charge on any atom is -0.00234 e. The van der Waals surface area contributed by atoms with Gasteiger partial charge >= 0.3 is 0 Å². The van der Waals surface area contributed by atoms with Gasteiger partial charge in [0.15, 0.2) is 0 Å². The zero-order chi connectivity index (χ0) is 13.7. The molecule has 19 heavy (non-hydrogen) atoms. The van der Waals surface area contributed by atoms with Crippen molar-refractivity contribution in [1.82, 2.24) is 0 Å². The Balaban J connectivity index is 1.80. The monoisotopic (exact) mass is 256 g/mol. The van der Waals surface area contributed by atoms with Crippen LogP contribution in [0.4, 0.5) is 0 Å². The Bertz CT molecular complexity index is 441. The fourth-order valence-electron chi connectivity index (χ4n) is 4.03. The molecule has 1 aromatic carbocycles. The summed E-state index contributed by atoms with van der Waals surface area (Å²) in [4.78, 5) is 0. The molecule has 0 aliphatic heterocycles. The highest BCUT2D eigenvalue weighted by molar-refractivity contribution is 5.39. The maximum atomic E-state index is 2.44. The molecule has 0 nitrogen and oxygen atoms in total. The number of hydrogen-bond acceptors (Lipinski definition) is 0. The van der Waals surface area contributed by atoms with Crippen molar-refractivity contribution in [2.75, 3.05) is 0 Å². The Kier molecular flexibility index (Phi) is 3.04. The lowest BCUT2D eigenvalue weighted by Crippen LogP contribution is -2.15. The Morgan fingerprint density at radius 2 is 1.37 bits per heavy atom. The van der Waals surface area contributed by atoms with Crippen LogP contribution in [0.15, 0.2) is 24.3 Å². The summed E-state index contributed by atoms with van der Waals surface area (Å²) in [7, 11) is 0. The van der Waals surface area contributed by atoms with Crippen molar-refractivity contribution in [2.24, 2.45) is 11.8 Å². The summed E-state index contributed by atoms with van der Waals surface area (Å²) < 4.78 is 0. The van der Waals surface area contributed by atoms with Crippen molar-refractivity contribution in [3.8, 4) is 0 Å². The number of benzene rings is 1. The van der Waals surface area contributed by atoms with Crippen molar-refractivity contribution in [3.05, 3.63) is 35.4 Å². The van der Waals surface area contributed by atoms with Gasteiger partial charge in [0, 0.05) is 0 Å². The summed E-state index contributed by atoms with van der Waals surface area (Å²) in [6.45, 7) is 9.46. The summed E-state index contributed by atoms with van der Waals surface area (Å²) in [5.41, 5.74) is 4.25. The molecule has 0 heteroatoms. The van der Waals surface area contributed by atoms with Crippen LogP contribution < -0.4 is 0 Å². The fourth-order valence-corrected chi connectivity index (χ4v) is 4.03. The molecule has 0 bridgehead atoms. The molecule has 3 rings (SSSR count). The summed E-state index contributed by atoms with van der Waals surface area (Å²) in [5.74, 6) is 1.59. The Morgan fingerprint density at radius 3 is 1.74 bits per heavy atom. The highest BCUT2D eigenvalue weighted by Gasteiger charge is 2.48. The van der Waals surface area contributed by atoms with Gasteiger partial charge in [-0.15, -0.1) is 0 Å². The Hall–Kier alpha value is -0.780. The quantitative estimate of drug-likeness (QED) is 0.657. The maximum absolute atomic E-state index is 2.44. The van der Waals surface area contributed by atoms with Gasteiger partial charge in [0.05, 0.1) is 0 Å². The fraction of sp³-hybridized carbons (Fsp3) is 0.684. The first kappa shape index (κ1) is 13.2. The van der Waals surface area contributed by atoms with Crippen molar-refractivity contribution in [2.45, 2.75) is 70.6 Å². The van der Waals surface area contributed by atoms with Gasteiger partial charge in [-0.1, -0.05) is 52.0 Å². The van der Waals surface area contributed by atoms with Gasteiger partial charge in [-0.2, -0.15) is 0 Å². The first-order valence-electron chi connectivity index (χ1n) is 8.10. The third-order valence-electron chi connectivity index (χ3n) is 5.62. The molecule has 0 saturated heterocycles. The smallest absolute Gasteiger partial charge is 0.00234 e. The van der Waals surface area contributed by atoms with Crippen LogP contribution in [0.1, 0.15) is 70.9 Å². The van der Waals surface area contributed by atoms with Gasteiger partial charge in [-0.05, 0) is 65.9 Å². The molecular formula is C19H28. The topological polar surface area (TPSA) is 0 Å². The third-order valence-corrected chi connectivity index (χ3v) is 5.62. The highest BCUT2D eigenvalue weighted by Crippen LogP contribution is 2.56. The number of hydrogen-bond donors (Lipinski definition) is 0. The molecule has 2 fully saturated rings. The van der Waals surface area contributed by atoms with Crippen LogP contribution in [0.3, 0.4) is 0 Å². The van der Waals surface area contributed by atoms with E-state index < -0.39 is 0 Å². The normalized spacial score (nSPS) is 22.8. The van der Waals surface area contributed by atoms with E-state index in [1.165, 1.54) is 32.1 Å². The van der Waals surface area contributed by atoms with Crippen LogP contribution in [0.25, 0.3) is 0 Å². The van der Waals surface area contributed by atoms with Crippen LogP contribution >= 0.6 is 0 Å². The minimum atomic E-state index is 0.521. The van der Waals surface area contributed by atoms with E-state index in [2.05, 4.69) is 52.0 Å². The van der Waals surface area contributed by atoms with Crippen molar-refractivity contribution in [1.29, 1.82) is 0 Å². The van der Waals surface area contributed by atoms with Crippen molar-refractivity contribution < 1.29 is 0 Å². The summed E-state index contributed by atoms with van der Waals surface area (Å²) in [6, 6.07) is 9.74. The number of rotatable bonds is 5. The van der Waals surface area contributed by atoms with Gasteiger partial charge < -0.3 is 0 Å². The van der Waals surface area contributed by atoms with E-state index in [4.69, 9.17) is 0 Å². The lowest BCUT2D eigenvalue weighted by molar-refractivity contribution is 0.477. The van der Waals surface area contributed by atoms with E-state index in [9.17, 15) is 0 Å². The molecule has 0 unspecified atom stereocenters. The van der Waals surface area contributed by atoms with Crippen molar-refractivity contribution >= 4 is 0 Å². The third kappa shape index (κ3) is 2.24. The van der Waals surface area contributed by atoms with Crippen LogP contribution in [-0.2, 0) is 10.8 Å². The first-order chi connectivity index (χ1) is 8.98. The van der Waals surface area contributed by atoms with Crippen LogP contribution in [0.2, 0.25) is 0 Å². The predicted octanol–water partition coefficient (Wildman–Crippen LogP) is 5.45. The second kappa shape index (κ2) is 4.36. The van der Waals surface area contributed by atoms with Crippen LogP contribution in [-0.4, -0.2) is 0 Å². The molecule has 1 aromatic rings. The lowest BCUT2D eigenvalue weighted by Gasteiger charge is -2.22. The van der Waals surface area contributed by atoms with E-state index >= 15 is 0 Å². The van der Waals surface area contributed by atoms with Gasteiger partial charge in [-0.25, -0.2) is 0 Å². The molecule has 0 heterocycles. The second-order valence-electron chi connectivity index (χ2n) is 7.77. The molecular weight excluding hydrogens is 228 g/mol. The molecule has 104 valence electrons. The van der Waals surface area contributed by atoms with Crippen LogP contribution in [0, 0.1) is 11.8 Å². The molecule has 0 N–H and O–H groups in total. The molecule has 0 radical (unpaired) electrons. The zero-order valence-corrected chi connectivity index (χ0v) is 13.0. The molecule has 2 saturated carbocycles. The van der Waals surface area contributed by atoms with Gasteiger partial charge in [0.25, 0.3) is 0 Å². The van der Waals surface area contributed by atoms with E-state index in [-0.39, 0.29) is 0 Å². The molecule has 0 amide bonds. The Labute approximate surface area is 118 Å². The minimum Gasteiger partial charge on any atom is -0.0627 e. The van der Waals surface area contributed by atoms with E-state index in [0.29, 0.717) is 10.8 Å². The average molecular weight is 256 g/mol.